The highest BCUT2D eigenvalue weighted by atomic mass is 16.5. The van der Waals surface area contributed by atoms with Gasteiger partial charge in [0.15, 0.2) is 0 Å². The van der Waals surface area contributed by atoms with Crippen LogP contribution < -0.4 is 10.1 Å². The molecule has 1 heterocycles. The maximum absolute atomic E-state index is 10.7. The summed E-state index contributed by atoms with van der Waals surface area (Å²) in [4.78, 5) is 15.1. The van der Waals surface area contributed by atoms with E-state index in [4.69, 9.17) is 14.6 Å². The fourth-order valence-corrected chi connectivity index (χ4v) is 3.78. The number of ether oxygens (including phenoxy) is 2. The zero-order valence-electron chi connectivity index (χ0n) is 19.6. The number of aromatic nitrogens is 1. The van der Waals surface area contributed by atoms with Gasteiger partial charge in [0.25, 0.3) is 0 Å². The number of nitrogens with zero attached hydrogens (tertiary/aromatic N) is 1. The van der Waals surface area contributed by atoms with Crippen LogP contribution >= 0.6 is 0 Å². The lowest BCUT2D eigenvalue weighted by Gasteiger charge is -2.15. The van der Waals surface area contributed by atoms with Crippen molar-refractivity contribution >= 4 is 11.8 Å². The molecule has 33 heavy (non-hydrogen) atoms. The van der Waals surface area contributed by atoms with Gasteiger partial charge in [-0.15, -0.1) is 0 Å². The number of pyridine rings is 1. The highest BCUT2D eigenvalue weighted by Crippen LogP contribution is 2.31. The van der Waals surface area contributed by atoms with Crippen LogP contribution in [0.3, 0.4) is 0 Å². The van der Waals surface area contributed by atoms with E-state index in [0.29, 0.717) is 32.8 Å². The van der Waals surface area contributed by atoms with Crippen molar-refractivity contribution in [1.82, 2.24) is 4.98 Å². The largest absolute Gasteiger partial charge is 0.491 e. The number of aliphatic carboxylic acids is 1. The second-order valence-corrected chi connectivity index (χ2v) is 7.98. The molecule has 2 N–H and O–H groups in total. The number of nitrogens with one attached hydrogen (secondary N) is 1. The molecule has 6 heteroatoms. The Morgan fingerprint density at radius 1 is 1.03 bits per heavy atom. The third-order valence-corrected chi connectivity index (χ3v) is 5.35. The second kappa shape index (κ2) is 12.0. The molecular formula is C27H32N2O4. The summed E-state index contributed by atoms with van der Waals surface area (Å²) in [5.74, 6) is 0.829. The first-order chi connectivity index (χ1) is 16.0. The Balaban J connectivity index is 1.65. The van der Waals surface area contributed by atoms with Gasteiger partial charge in [0.2, 0.25) is 0 Å². The number of benzene rings is 2. The van der Waals surface area contributed by atoms with E-state index < -0.39 is 5.97 Å². The highest BCUT2D eigenvalue weighted by Gasteiger charge is 2.10. The summed E-state index contributed by atoms with van der Waals surface area (Å²) in [6, 6.07) is 16.4. The number of carboxylic acids is 1. The second-order valence-electron chi connectivity index (χ2n) is 7.98. The number of carbonyl (C=O) groups is 1. The van der Waals surface area contributed by atoms with Crippen LogP contribution in [0.15, 0.2) is 54.7 Å². The van der Waals surface area contributed by atoms with Crippen LogP contribution in [0.5, 0.6) is 5.75 Å². The fraction of sp³-hybridized carbons (Fsp3) is 0.333. The molecule has 0 bridgehead atoms. The molecule has 0 saturated carbocycles. The molecule has 0 aliphatic carbocycles. The van der Waals surface area contributed by atoms with Crippen molar-refractivity contribution in [3.05, 3.63) is 77.0 Å². The van der Waals surface area contributed by atoms with Gasteiger partial charge >= 0.3 is 5.97 Å². The lowest BCUT2D eigenvalue weighted by molar-refractivity contribution is -0.136. The summed E-state index contributed by atoms with van der Waals surface area (Å²) in [5.41, 5.74) is 6.80. The summed E-state index contributed by atoms with van der Waals surface area (Å²) < 4.78 is 11.2. The van der Waals surface area contributed by atoms with Crippen molar-refractivity contribution in [2.45, 2.75) is 40.2 Å². The molecular weight excluding hydrogens is 416 g/mol. The number of anilines is 1. The maximum Gasteiger partial charge on any atom is 0.303 e. The lowest BCUT2D eigenvalue weighted by atomic mass is 9.94. The first kappa shape index (κ1) is 24.3. The molecule has 3 rings (SSSR count). The van der Waals surface area contributed by atoms with Gasteiger partial charge in [-0.1, -0.05) is 24.3 Å². The Morgan fingerprint density at radius 2 is 1.82 bits per heavy atom. The van der Waals surface area contributed by atoms with Crippen molar-refractivity contribution < 1.29 is 19.4 Å². The summed E-state index contributed by atoms with van der Waals surface area (Å²) >= 11 is 0. The van der Waals surface area contributed by atoms with Crippen molar-refractivity contribution in [3.8, 4) is 16.9 Å². The van der Waals surface area contributed by atoms with Gasteiger partial charge < -0.3 is 19.9 Å². The van der Waals surface area contributed by atoms with Crippen molar-refractivity contribution in [2.75, 3.05) is 25.1 Å². The van der Waals surface area contributed by atoms with E-state index in [1.54, 1.807) is 6.20 Å². The third-order valence-electron chi connectivity index (χ3n) is 5.35. The van der Waals surface area contributed by atoms with Gasteiger partial charge in [0, 0.05) is 25.8 Å². The van der Waals surface area contributed by atoms with Gasteiger partial charge in [0.1, 0.15) is 18.2 Å². The number of aryl methyl sites for hydroxylation is 3. The molecule has 2 aromatic carbocycles. The fourth-order valence-electron chi connectivity index (χ4n) is 3.78. The molecule has 0 unspecified atom stereocenters. The SMILES string of the molecule is CCOCCOc1cc(C)c(-c2cccc(CNc3ccc(CCC(=O)O)cn3)c2)c(C)c1. The van der Waals surface area contributed by atoms with Crippen LogP contribution in [0.25, 0.3) is 11.1 Å². The van der Waals surface area contributed by atoms with E-state index in [-0.39, 0.29) is 6.42 Å². The Labute approximate surface area is 195 Å². The molecule has 6 nitrogen and oxygen atoms in total. The number of carboxylic acid groups (broad SMARTS) is 1. The minimum absolute atomic E-state index is 0.112. The maximum atomic E-state index is 10.7. The molecule has 0 saturated heterocycles. The quantitative estimate of drug-likeness (QED) is 0.361. The monoisotopic (exact) mass is 448 g/mol. The Kier molecular flexibility index (Phi) is 8.84. The van der Waals surface area contributed by atoms with Crippen LogP contribution in [0.1, 0.15) is 35.6 Å². The van der Waals surface area contributed by atoms with E-state index in [1.165, 1.54) is 22.3 Å². The van der Waals surface area contributed by atoms with E-state index in [1.807, 2.05) is 19.1 Å². The molecule has 0 fully saturated rings. The molecule has 0 radical (unpaired) electrons. The third kappa shape index (κ3) is 7.32. The highest BCUT2D eigenvalue weighted by molar-refractivity contribution is 5.72. The average molecular weight is 449 g/mol. The topological polar surface area (TPSA) is 80.7 Å². The van der Waals surface area contributed by atoms with Crippen LogP contribution in [0.2, 0.25) is 0 Å². The van der Waals surface area contributed by atoms with Crippen LogP contribution in [-0.2, 0) is 22.5 Å². The van der Waals surface area contributed by atoms with Crippen molar-refractivity contribution in [2.24, 2.45) is 0 Å². The van der Waals surface area contributed by atoms with Gasteiger partial charge in [-0.3, -0.25) is 4.79 Å². The molecule has 174 valence electrons. The van der Waals surface area contributed by atoms with Gasteiger partial charge in [-0.05, 0) is 84.8 Å². The van der Waals surface area contributed by atoms with E-state index in [9.17, 15) is 4.79 Å². The molecule has 0 atom stereocenters. The van der Waals surface area contributed by atoms with Crippen LogP contribution in [-0.4, -0.2) is 35.9 Å². The smallest absolute Gasteiger partial charge is 0.303 e. The average Bonchev–Trinajstić information content (AvgIpc) is 2.80. The zero-order valence-corrected chi connectivity index (χ0v) is 19.6. The summed E-state index contributed by atoms with van der Waals surface area (Å²) in [6.07, 6.45) is 2.33. The standard InChI is InChI=1S/C27H32N2O4/c1-4-32-12-13-33-24-14-19(2)27(20(3)15-24)23-7-5-6-22(16-23)18-29-25-10-8-21(17-28-25)9-11-26(30)31/h5-8,10,14-17H,4,9,11-13,18H2,1-3H3,(H,28,29)(H,30,31). The van der Waals surface area contributed by atoms with Crippen LogP contribution in [0, 0.1) is 13.8 Å². The predicted octanol–water partition coefficient (Wildman–Crippen LogP) is 5.41. The summed E-state index contributed by atoms with van der Waals surface area (Å²) in [5, 5.41) is 12.1. The van der Waals surface area contributed by atoms with Crippen molar-refractivity contribution in [1.29, 1.82) is 0 Å². The number of rotatable bonds is 12. The first-order valence-electron chi connectivity index (χ1n) is 11.3. The molecule has 0 amide bonds. The molecule has 0 spiro atoms. The Hall–Kier alpha value is -3.38. The normalized spacial score (nSPS) is 10.8. The van der Waals surface area contributed by atoms with Crippen LogP contribution in [0.4, 0.5) is 5.82 Å². The van der Waals surface area contributed by atoms with Gasteiger partial charge in [0.05, 0.1) is 6.61 Å². The minimum atomic E-state index is -0.800. The van der Waals surface area contributed by atoms with E-state index >= 15 is 0 Å². The van der Waals surface area contributed by atoms with Gasteiger partial charge in [-0.25, -0.2) is 4.98 Å². The summed E-state index contributed by atoms with van der Waals surface area (Å²) in [6.45, 7) is 8.67. The molecule has 3 aromatic rings. The van der Waals surface area contributed by atoms with Crippen molar-refractivity contribution in [3.63, 3.8) is 0 Å². The Bertz CT molecular complexity index is 1040. The zero-order chi connectivity index (χ0) is 23.6. The lowest BCUT2D eigenvalue weighted by Crippen LogP contribution is -2.06. The predicted molar refractivity (Wildman–Crippen MR) is 131 cm³/mol. The minimum Gasteiger partial charge on any atom is -0.491 e. The Morgan fingerprint density at radius 3 is 2.48 bits per heavy atom. The molecule has 0 aliphatic rings. The molecule has 0 aliphatic heterocycles. The van der Waals surface area contributed by atoms with E-state index in [0.717, 1.165) is 22.7 Å². The number of hydrogen-bond donors (Lipinski definition) is 2. The molecule has 1 aromatic heterocycles. The van der Waals surface area contributed by atoms with E-state index in [2.05, 4.69) is 60.5 Å². The van der Waals surface area contributed by atoms with Gasteiger partial charge in [-0.2, -0.15) is 0 Å². The number of hydrogen-bond acceptors (Lipinski definition) is 5. The first-order valence-corrected chi connectivity index (χ1v) is 11.3. The summed E-state index contributed by atoms with van der Waals surface area (Å²) in [7, 11) is 0.